The lowest BCUT2D eigenvalue weighted by atomic mass is 10.0. The molecule has 8 heteroatoms. The summed E-state index contributed by atoms with van der Waals surface area (Å²) in [5.74, 6) is -0.608. The second-order valence-electron chi connectivity index (χ2n) is 9.67. The van der Waals surface area contributed by atoms with E-state index in [1.807, 2.05) is 13.8 Å². The normalized spacial score (nSPS) is 17.3. The molecule has 2 unspecified atom stereocenters. The van der Waals surface area contributed by atoms with Gasteiger partial charge in [0.25, 0.3) is 0 Å². The minimum atomic E-state index is -0.243. The molecule has 8 nitrogen and oxygen atoms in total. The summed E-state index contributed by atoms with van der Waals surface area (Å²) >= 11 is 0. The highest BCUT2D eigenvalue weighted by molar-refractivity contribution is 5.76. The van der Waals surface area contributed by atoms with E-state index in [4.69, 9.17) is 19.9 Å². The topological polar surface area (TPSA) is 94.3 Å². The number of carbonyl (C=O) groups is 2. The van der Waals surface area contributed by atoms with E-state index < -0.39 is 0 Å². The summed E-state index contributed by atoms with van der Waals surface area (Å²) in [4.78, 5) is 27.0. The number of primary amides is 1. The van der Waals surface area contributed by atoms with Crippen LogP contribution >= 0.6 is 0 Å². The Morgan fingerprint density at radius 2 is 1.14 bits per heavy atom. The van der Waals surface area contributed by atoms with Crippen LogP contribution in [0.25, 0.3) is 0 Å². The molecule has 0 bridgehead atoms. The van der Waals surface area contributed by atoms with Gasteiger partial charge >= 0.3 is 5.97 Å². The highest BCUT2D eigenvalue weighted by Crippen LogP contribution is 2.19. The Hall–Kier alpha value is -3.10. The van der Waals surface area contributed by atoms with Crippen molar-refractivity contribution in [1.29, 1.82) is 0 Å². The Balaban J connectivity index is 0.000000206. The molecule has 0 aromatic heterocycles. The molecule has 2 N–H and O–H groups in total. The predicted molar refractivity (Wildman–Crippen MR) is 146 cm³/mol. The van der Waals surface area contributed by atoms with Gasteiger partial charge < -0.3 is 29.7 Å². The molecule has 2 fully saturated rings. The molecule has 2 aliphatic heterocycles. The molecule has 37 heavy (non-hydrogen) atoms. The number of carbonyl (C=O) groups excluding carboxylic acids is 2. The molecule has 0 saturated carbocycles. The fourth-order valence-corrected chi connectivity index (χ4v) is 4.42. The van der Waals surface area contributed by atoms with Gasteiger partial charge in [0.15, 0.2) is 0 Å². The zero-order chi connectivity index (χ0) is 26.6. The third kappa shape index (κ3) is 9.05. The first kappa shape index (κ1) is 28.5. The highest BCUT2D eigenvalue weighted by Gasteiger charge is 2.15. The van der Waals surface area contributed by atoms with E-state index in [-0.39, 0.29) is 23.7 Å². The largest absolute Gasteiger partial charge is 0.469 e. The monoisotopic (exact) mass is 511 g/mol. The maximum absolute atomic E-state index is 11.4. The SMILES string of the molecule is CC(Cc1ccc(N2CCOCC2)cc1)C(N)=O.COC(=O)C(C)Cc1ccc(N2CCOCC2)cc1. The van der Waals surface area contributed by atoms with Crippen molar-refractivity contribution < 1.29 is 23.8 Å². The summed E-state index contributed by atoms with van der Waals surface area (Å²) in [7, 11) is 1.43. The molecule has 202 valence electrons. The zero-order valence-corrected chi connectivity index (χ0v) is 22.4. The van der Waals surface area contributed by atoms with Gasteiger partial charge in [0.1, 0.15) is 0 Å². The van der Waals surface area contributed by atoms with Crippen LogP contribution in [0, 0.1) is 11.8 Å². The van der Waals surface area contributed by atoms with Crippen molar-refractivity contribution in [1.82, 2.24) is 0 Å². The van der Waals surface area contributed by atoms with Crippen molar-refractivity contribution in [3.8, 4) is 0 Å². The summed E-state index contributed by atoms with van der Waals surface area (Å²) in [6.45, 7) is 10.7. The smallest absolute Gasteiger partial charge is 0.308 e. The number of amides is 1. The molecular weight excluding hydrogens is 470 g/mol. The number of ether oxygens (including phenoxy) is 3. The summed E-state index contributed by atoms with van der Waals surface area (Å²) in [5.41, 5.74) is 10.0. The van der Waals surface area contributed by atoms with E-state index in [1.54, 1.807) is 0 Å². The van der Waals surface area contributed by atoms with Gasteiger partial charge in [0, 0.05) is 43.5 Å². The van der Waals surface area contributed by atoms with Gasteiger partial charge in [-0.15, -0.1) is 0 Å². The molecule has 1 amide bonds. The fraction of sp³-hybridized carbons (Fsp3) is 0.517. The highest BCUT2D eigenvalue weighted by atomic mass is 16.5. The third-order valence-electron chi connectivity index (χ3n) is 6.80. The zero-order valence-electron chi connectivity index (χ0n) is 22.4. The lowest BCUT2D eigenvalue weighted by molar-refractivity contribution is -0.144. The first-order chi connectivity index (χ1) is 17.9. The summed E-state index contributed by atoms with van der Waals surface area (Å²) in [5, 5.41) is 0. The van der Waals surface area contributed by atoms with Crippen LogP contribution in [0.1, 0.15) is 25.0 Å². The van der Waals surface area contributed by atoms with Gasteiger partial charge in [0.05, 0.1) is 39.5 Å². The molecule has 2 aromatic carbocycles. The number of benzene rings is 2. The number of methoxy groups -OCH3 is 1. The third-order valence-corrected chi connectivity index (χ3v) is 6.80. The number of hydrogen-bond acceptors (Lipinski definition) is 7. The quantitative estimate of drug-likeness (QED) is 0.545. The van der Waals surface area contributed by atoms with E-state index in [9.17, 15) is 9.59 Å². The molecule has 2 heterocycles. The van der Waals surface area contributed by atoms with Crippen LogP contribution in [0.5, 0.6) is 0 Å². The Morgan fingerprint density at radius 3 is 1.49 bits per heavy atom. The van der Waals surface area contributed by atoms with Gasteiger partial charge in [-0.1, -0.05) is 38.1 Å². The predicted octanol–water partition coefficient (Wildman–Crippen LogP) is 3.06. The fourth-order valence-electron chi connectivity index (χ4n) is 4.42. The van der Waals surface area contributed by atoms with E-state index in [2.05, 4.69) is 58.3 Å². The first-order valence-corrected chi connectivity index (χ1v) is 13.1. The summed E-state index contributed by atoms with van der Waals surface area (Å²) < 4.78 is 15.4. The maximum atomic E-state index is 11.4. The summed E-state index contributed by atoms with van der Waals surface area (Å²) in [6, 6.07) is 16.8. The van der Waals surface area contributed by atoms with Crippen molar-refractivity contribution in [3.63, 3.8) is 0 Å². The van der Waals surface area contributed by atoms with Gasteiger partial charge in [-0.3, -0.25) is 9.59 Å². The Labute approximate surface area is 220 Å². The molecule has 4 rings (SSSR count). The van der Waals surface area contributed by atoms with Crippen molar-refractivity contribution in [2.45, 2.75) is 26.7 Å². The van der Waals surface area contributed by atoms with Gasteiger partial charge in [-0.2, -0.15) is 0 Å². The summed E-state index contributed by atoms with van der Waals surface area (Å²) in [6.07, 6.45) is 1.43. The maximum Gasteiger partial charge on any atom is 0.308 e. The number of morpholine rings is 2. The van der Waals surface area contributed by atoms with Crippen molar-refractivity contribution in [2.75, 3.05) is 69.5 Å². The number of nitrogens with two attached hydrogens (primary N) is 1. The molecule has 0 spiro atoms. The number of rotatable bonds is 8. The van der Waals surface area contributed by atoms with Crippen LogP contribution in [0.3, 0.4) is 0 Å². The standard InChI is InChI=1S/C15H21NO3.C14H20N2O2/c1-12(15(17)18-2)11-13-3-5-14(6-4-13)16-7-9-19-10-8-16;1-11(14(15)17)10-12-2-4-13(5-3-12)16-6-8-18-9-7-16/h3-6,12H,7-11H2,1-2H3;2-5,11H,6-10H2,1H3,(H2,15,17). The molecule has 2 aliphatic rings. The van der Waals surface area contributed by atoms with Crippen molar-refractivity contribution in [3.05, 3.63) is 59.7 Å². The average Bonchev–Trinajstić information content (AvgIpc) is 2.94. The van der Waals surface area contributed by atoms with Crippen LogP contribution in [0.15, 0.2) is 48.5 Å². The molecule has 2 atom stereocenters. The van der Waals surface area contributed by atoms with Crippen molar-refractivity contribution in [2.24, 2.45) is 17.6 Å². The molecule has 0 aliphatic carbocycles. The van der Waals surface area contributed by atoms with Crippen molar-refractivity contribution >= 4 is 23.3 Å². The van der Waals surface area contributed by atoms with Gasteiger partial charge in [-0.05, 0) is 48.2 Å². The molecular formula is C29H41N3O5. The number of esters is 1. The number of nitrogens with zero attached hydrogens (tertiary/aromatic N) is 2. The lowest BCUT2D eigenvalue weighted by Gasteiger charge is -2.29. The molecule has 2 saturated heterocycles. The Morgan fingerprint density at radius 1 is 0.757 bits per heavy atom. The van der Waals surface area contributed by atoms with Gasteiger partial charge in [0.2, 0.25) is 5.91 Å². The van der Waals surface area contributed by atoms with E-state index in [0.717, 1.165) is 70.2 Å². The van der Waals surface area contributed by atoms with Crippen LogP contribution in [0.2, 0.25) is 0 Å². The van der Waals surface area contributed by atoms with E-state index in [1.165, 1.54) is 18.5 Å². The minimum absolute atomic E-state index is 0.0979. The lowest BCUT2D eigenvalue weighted by Crippen LogP contribution is -2.36. The Kier molecular flexibility index (Phi) is 11.2. The second kappa shape index (κ2) is 14.6. The minimum Gasteiger partial charge on any atom is -0.469 e. The average molecular weight is 512 g/mol. The Bertz CT molecular complexity index is 968. The molecule has 2 aromatic rings. The second-order valence-corrected chi connectivity index (χ2v) is 9.67. The first-order valence-electron chi connectivity index (χ1n) is 13.1. The molecule has 0 radical (unpaired) electrons. The number of anilines is 2. The van der Waals surface area contributed by atoms with Crippen LogP contribution < -0.4 is 15.5 Å². The van der Waals surface area contributed by atoms with Crippen LogP contribution in [0.4, 0.5) is 11.4 Å². The number of hydrogen-bond donors (Lipinski definition) is 1. The van der Waals surface area contributed by atoms with E-state index in [0.29, 0.717) is 6.42 Å². The van der Waals surface area contributed by atoms with Crippen LogP contribution in [-0.2, 0) is 36.6 Å². The van der Waals surface area contributed by atoms with E-state index >= 15 is 0 Å². The van der Waals surface area contributed by atoms with Crippen LogP contribution in [-0.4, -0.2) is 71.6 Å². The van der Waals surface area contributed by atoms with Gasteiger partial charge in [-0.25, -0.2) is 0 Å².